The van der Waals surface area contributed by atoms with Gasteiger partial charge in [-0.25, -0.2) is 0 Å². The van der Waals surface area contributed by atoms with E-state index >= 15 is 0 Å². The molecule has 1 amide bonds. The van der Waals surface area contributed by atoms with E-state index in [1.54, 1.807) is 30.3 Å². The number of nitro benzene ring substituents is 1. The maximum absolute atomic E-state index is 12.1. The van der Waals surface area contributed by atoms with Gasteiger partial charge in [0.2, 0.25) is 0 Å². The number of rotatable bonds is 3. The predicted molar refractivity (Wildman–Crippen MR) is 85.0 cm³/mol. The first-order chi connectivity index (χ1) is 11.5. The van der Waals surface area contributed by atoms with Crippen LogP contribution >= 0.6 is 0 Å². The molecule has 1 heterocycles. The molecule has 0 bridgehead atoms. The monoisotopic (exact) mass is 324 g/mol. The molecule has 24 heavy (non-hydrogen) atoms. The molecule has 2 aromatic carbocycles. The summed E-state index contributed by atoms with van der Waals surface area (Å²) in [5.74, 6) is -1.99. The minimum Gasteiger partial charge on any atom is -0.507 e. The highest BCUT2D eigenvalue weighted by Gasteiger charge is 2.39. The molecular weight excluding hydrogens is 312 g/mol. The van der Waals surface area contributed by atoms with Crippen LogP contribution in [-0.2, 0) is 9.59 Å². The number of amides is 1. The Morgan fingerprint density at radius 2 is 1.67 bits per heavy atom. The fourth-order valence-electron chi connectivity index (χ4n) is 2.56. The molecule has 2 aromatic rings. The van der Waals surface area contributed by atoms with Gasteiger partial charge in [-0.15, -0.1) is 0 Å². The summed E-state index contributed by atoms with van der Waals surface area (Å²) in [6.45, 7) is 0. The lowest BCUT2D eigenvalue weighted by Crippen LogP contribution is -2.21. The van der Waals surface area contributed by atoms with Crippen LogP contribution in [0.5, 0.6) is 0 Å². The zero-order chi connectivity index (χ0) is 17.3. The molecule has 0 aliphatic carbocycles. The van der Waals surface area contributed by atoms with E-state index in [4.69, 9.17) is 0 Å². The van der Waals surface area contributed by atoms with Gasteiger partial charge in [0, 0.05) is 17.7 Å². The summed E-state index contributed by atoms with van der Waals surface area (Å²) in [5.41, 5.74) is 0.671. The fourth-order valence-corrected chi connectivity index (χ4v) is 2.56. The van der Waals surface area contributed by atoms with Crippen molar-refractivity contribution in [2.24, 2.45) is 0 Å². The van der Waals surface area contributed by atoms with Crippen LogP contribution in [0, 0.1) is 10.1 Å². The van der Waals surface area contributed by atoms with Gasteiger partial charge in [0.05, 0.1) is 16.5 Å². The molecule has 0 spiro atoms. The van der Waals surface area contributed by atoms with Crippen LogP contribution in [0.3, 0.4) is 0 Å². The lowest BCUT2D eigenvalue weighted by molar-refractivity contribution is -0.384. The van der Waals surface area contributed by atoms with E-state index < -0.39 is 22.7 Å². The van der Waals surface area contributed by atoms with Gasteiger partial charge in [0.25, 0.3) is 17.4 Å². The maximum atomic E-state index is 12.1. The molecule has 7 nitrogen and oxygen atoms in total. The average molecular weight is 324 g/mol. The molecule has 1 atom stereocenters. The van der Waals surface area contributed by atoms with Crippen molar-refractivity contribution < 1.29 is 19.6 Å². The Labute approximate surface area is 136 Å². The number of benzene rings is 2. The molecule has 0 unspecified atom stereocenters. The number of carbonyl (C=O) groups excluding carboxylic acids is 2. The van der Waals surface area contributed by atoms with Gasteiger partial charge < -0.3 is 10.4 Å². The van der Waals surface area contributed by atoms with Crippen LogP contribution in [0.15, 0.2) is 60.2 Å². The number of ketones is 1. The number of carbonyl (C=O) groups is 2. The SMILES string of the molecule is O=C1N[C@@H](c2ccccc2)C(=C(O)c2ccc([N+](=O)[O-])cc2)C1=O. The summed E-state index contributed by atoms with van der Waals surface area (Å²) in [7, 11) is 0. The molecule has 1 fully saturated rings. The summed E-state index contributed by atoms with van der Waals surface area (Å²) in [5, 5.41) is 23.7. The maximum Gasteiger partial charge on any atom is 0.293 e. The van der Waals surface area contributed by atoms with Gasteiger partial charge >= 0.3 is 0 Å². The first-order valence-electron chi connectivity index (χ1n) is 7.07. The Morgan fingerprint density at radius 3 is 2.25 bits per heavy atom. The van der Waals surface area contributed by atoms with Crippen molar-refractivity contribution in [2.75, 3.05) is 0 Å². The number of aliphatic hydroxyl groups excluding tert-OH is 1. The third-order valence-electron chi connectivity index (χ3n) is 3.75. The number of hydrogen-bond donors (Lipinski definition) is 2. The molecule has 0 radical (unpaired) electrons. The molecule has 0 saturated carbocycles. The van der Waals surface area contributed by atoms with Gasteiger partial charge in [0.1, 0.15) is 5.76 Å². The van der Waals surface area contributed by atoms with Crippen LogP contribution in [0.4, 0.5) is 5.69 Å². The Morgan fingerprint density at radius 1 is 1.04 bits per heavy atom. The summed E-state index contributed by atoms with van der Waals surface area (Å²) < 4.78 is 0. The summed E-state index contributed by atoms with van der Waals surface area (Å²) in [6.07, 6.45) is 0. The van der Waals surface area contributed by atoms with E-state index in [9.17, 15) is 24.8 Å². The molecule has 120 valence electrons. The summed E-state index contributed by atoms with van der Waals surface area (Å²) in [6, 6.07) is 13.1. The number of non-ortho nitro benzene ring substituents is 1. The predicted octanol–water partition coefficient (Wildman–Crippen LogP) is 2.30. The van der Waals surface area contributed by atoms with Crippen molar-refractivity contribution in [3.63, 3.8) is 0 Å². The molecule has 0 aromatic heterocycles. The van der Waals surface area contributed by atoms with Crippen molar-refractivity contribution in [3.8, 4) is 0 Å². The first-order valence-corrected chi connectivity index (χ1v) is 7.07. The third kappa shape index (κ3) is 2.63. The highest BCUT2D eigenvalue weighted by Crippen LogP contribution is 2.33. The van der Waals surface area contributed by atoms with Crippen molar-refractivity contribution in [1.29, 1.82) is 0 Å². The zero-order valence-corrected chi connectivity index (χ0v) is 12.3. The smallest absolute Gasteiger partial charge is 0.293 e. The number of nitro groups is 1. The molecule has 1 aliphatic rings. The lowest BCUT2D eigenvalue weighted by Gasteiger charge is -2.13. The minimum atomic E-state index is -0.820. The highest BCUT2D eigenvalue weighted by atomic mass is 16.6. The van der Waals surface area contributed by atoms with E-state index in [1.807, 2.05) is 0 Å². The lowest BCUT2D eigenvalue weighted by atomic mass is 9.96. The number of nitrogens with zero attached hydrogens (tertiary/aromatic N) is 1. The van der Waals surface area contributed by atoms with E-state index in [-0.39, 0.29) is 22.6 Å². The number of hydrogen-bond acceptors (Lipinski definition) is 5. The Hall–Kier alpha value is -3.48. The second-order valence-electron chi connectivity index (χ2n) is 5.21. The number of Topliss-reactive ketones (excluding diaryl/α,β-unsaturated/α-hetero) is 1. The Kier molecular flexibility index (Phi) is 3.83. The van der Waals surface area contributed by atoms with Gasteiger partial charge in [0.15, 0.2) is 0 Å². The van der Waals surface area contributed by atoms with Gasteiger partial charge in [-0.05, 0) is 17.7 Å². The number of aliphatic hydroxyl groups is 1. The normalized spacial score (nSPS) is 19.1. The zero-order valence-electron chi connectivity index (χ0n) is 12.3. The highest BCUT2D eigenvalue weighted by molar-refractivity contribution is 6.46. The van der Waals surface area contributed by atoms with E-state index in [0.29, 0.717) is 5.56 Å². The van der Waals surface area contributed by atoms with Gasteiger partial charge in [-0.3, -0.25) is 19.7 Å². The molecule has 3 rings (SSSR count). The number of nitrogens with one attached hydrogen (secondary N) is 1. The van der Waals surface area contributed by atoms with Crippen LogP contribution in [0.1, 0.15) is 17.2 Å². The van der Waals surface area contributed by atoms with Crippen molar-refractivity contribution in [3.05, 3.63) is 81.4 Å². The molecule has 2 N–H and O–H groups in total. The van der Waals surface area contributed by atoms with E-state index in [1.165, 1.54) is 24.3 Å². The van der Waals surface area contributed by atoms with Crippen molar-refractivity contribution >= 4 is 23.1 Å². The second kappa shape index (κ2) is 5.96. The van der Waals surface area contributed by atoms with Crippen LogP contribution < -0.4 is 5.32 Å². The fraction of sp³-hybridized carbons (Fsp3) is 0.0588. The minimum absolute atomic E-state index is 0.0694. The topological polar surface area (TPSA) is 110 Å². The first kappa shape index (κ1) is 15.4. The summed E-state index contributed by atoms with van der Waals surface area (Å²) >= 11 is 0. The molecule has 1 aliphatic heterocycles. The second-order valence-corrected chi connectivity index (χ2v) is 5.21. The van der Waals surface area contributed by atoms with E-state index in [0.717, 1.165) is 0 Å². The average Bonchev–Trinajstić information content (AvgIpc) is 2.90. The summed E-state index contributed by atoms with van der Waals surface area (Å²) in [4.78, 5) is 34.0. The molecule has 7 heteroatoms. The third-order valence-corrected chi connectivity index (χ3v) is 3.75. The van der Waals surface area contributed by atoms with Crippen molar-refractivity contribution in [1.82, 2.24) is 5.32 Å². The van der Waals surface area contributed by atoms with Gasteiger partial charge in [-0.1, -0.05) is 30.3 Å². The quantitative estimate of drug-likeness (QED) is 0.296. The van der Waals surface area contributed by atoms with E-state index in [2.05, 4.69) is 5.32 Å². The molecule has 1 saturated heterocycles. The standard InChI is InChI=1S/C17H12N2O5/c20-15(11-6-8-12(9-7-11)19(23)24)13-14(18-17(22)16(13)21)10-4-2-1-3-5-10/h1-9,14,20H,(H,18,22)/t14-/m0/s1. The van der Waals surface area contributed by atoms with Crippen molar-refractivity contribution in [2.45, 2.75) is 6.04 Å². The van der Waals surface area contributed by atoms with Crippen LogP contribution in [0.25, 0.3) is 5.76 Å². The Bertz CT molecular complexity index is 856. The Balaban J connectivity index is 2.08. The van der Waals surface area contributed by atoms with Crippen LogP contribution in [-0.4, -0.2) is 21.7 Å². The van der Waals surface area contributed by atoms with Crippen LogP contribution in [0.2, 0.25) is 0 Å². The molecular formula is C17H12N2O5. The van der Waals surface area contributed by atoms with Gasteiger partial charge in [-0.2, -0.15) is 0 Å². The largest absolute Gasteiger partial charge is 0.507 e.